The zero-order valence-corrected chi connectivity index (χ0v) is 9.98. The number of anilines is 2. The summed E-state index contributed by atoms with van der Waals surface area (Å²) in [6.07, 6.45) is 1.86. The van der Waals surface area contributed by atoms with E-state index < -0.39 is 0 Å². The lowest BCUT2D eigenvalue weighted by atomic mass is 10.1. The predicted octanol–water partition coefficient (Wildman–Crippen LogP) is 0.724. The summed E-state index contributed by atoms with van der Waals surface area (Å²) in [5.74, 6) is -0.144. The van der Waals surface area contributed by atoms with E-state index in [1.807, 2.05) is 24.3 Å². The maximum Gasteiger partial charge on any atom is 0.244 e. The minimum absolute atomic E-state index is 0.00481. The Kier molecular flexibility index (Phi) is 2.76. The number of amides is 2. The number of nitrogens with zero attached hydrogens (tertiary/aromatic N) is 1. The van der Waals surface area contributed by atoms with Gasteiger partial charge in [-0.05, 0) is 31.5 Å². The smallest absolute Gasteiger partial charge is 0.244 e. The Morgan fingerprint density at radius 1 is 1.33 bits per heavy atom. The number of benzene rings is 1. The Bertz CT molecular complexity index is 495. The second-order valence-corrected chi connectivity index (χ2v) is 4.64. The van der Waals surface area contributed by atoms with Gasteiger partial charge in [-0.25, -0.2) is 0 Å². The van der Waals surface area contributed by atoms with E-state index >= 15 is 0 Å². The van der Waals surface area contributed by atoms with Gasteiger partial charge in [0.2, 0.25) is 11.8 Å². The summed E-state index contributed by atoms with van der Waals surface area (Å²) >= 11 is 0. The average Bonchev–Trinajstić information content (AvgIpc) is 2.90. The molecule has 0 unspecified atom stereocenters. The van der Waals surface area contributed by atoms with Gasteiger partial charge in [0, 0.05) is 0 Å². The highest BCUT2D eigenvalue weighted by Crippen LogP contribution is 2.29. The lowest BCUT2D eigenvalue weighted by Crippen LogP contribution is -2.49. The molecule has 1 atom stereocenters. The van der Waals surface area contributed by atoms with Crippen LogP contribution in [0.25, 0.3) is 0 Å². The van der Waals surface area contributed by atoms with Gasteiger partial charge in [-0.3, -0.25) is 14.5 Å². The maximum absolute atomic E-state index is 12.4. The molecule has 2 N–H and O–H groups in total. The molecule has 94 valence electrons. The minimum atomic E-state index is -0.149. The molecule has 0 spiro atoms. The summed E-state index contributed by atoms with van der Waals surface area (Å²) in [6.45, 7) is 0.978. The lowest BCUT2D eigenvalue weighted by molar-refractivity contribution is -0.123. The Labute approximate surface area is 105 Å². The molecule has 2 amide bonds. The van der Waals surface area contributed by atoms with Gasteiger partial charge in [0.1, 0.15) is 6.54 Å². The molecular formula is C13H15N3O2. The van der Waals surface area contributed by atoms with Crippen molar-refractivity contribution >= 4 is 23.2 Å². The molecule has 2 heterocycles. The van der Waals surface area contributed by atoms with Crippen LogP contribution in [0, 0.1) is 0 Å². The molecule has 2 aliphatic heterocycles. The van der Waals surface area contributed by atoms with E-state index in [9.17, 15) is 9.59 Å². The number of carbonyl (C=O) groups excluding carboxylic acids is 2. The van der Waals surface area contributed by atoms with Gasteiger partial charge in [-0.1, -0.05) is 12.1 Å². The van der Waals surface area contributed by atoms with Crippen molar-refractivity contribution in [3.8, 4) is 0 Å². The highest BCUT2D eigenvalue weighted by Gasteiger charge is 2.32. The van der Waals surface area contributed by atoms with Gasteiger partial charge >= 0.3 is 0 Å². The van der Waals surface area contributed by atoms with Crippen LogP contribution < -0.4 is 15.5 Å². The Balaban J connectivity index is 1.92. The van der Waals surface area contributed by atoms with Gasteiger partial charge in [0.25, 0.3) is 0 Å². The lowest BCUT2D eigenvalue weighted by Gasteiger charge is -2.30. The Morgan fingerprint density at radius 2 is 2.17 bits per heavy atom. The van der Waals surface area contributed by atoms with Crippen molar-refractivity contribution in [1.82, 2.24) is 5.32 Å². The van der Waals surface area contributed by atoms with E-state index in [1.165, 1.54) is 0 Å². The van der Waals surface area contributed by atoms with Crippen LogP contribution in [-0.2, 0) is 9.59 Å². The van der Waals surface area contributed by atoms with Crippen molar-refractivity contribution in [1.29, 1.82) is 0 Å². The number of carbonyl (C=O) groups is 2. The average molecular weight is 245 g/mol. The van der Waals surface area contributed by atoms with Crippen LogP contribution in [0.5, 0.6) is 0 Å². The van der Waals surface area contributed by atoms with E-state index in [-0.39, 0.29) is 24.4 Å². The summed E-state index contributed by atoms with van der Waals surface area (Å²) in [6, 6.07) is 7.25. The Hall–Kier alpha value is -1.88. The molecule has 1 fully saturated rings. The SMILES string of the molecule is O=C1CN(C(=O)[C@H]2CCCN2)c2ccccc2N1. The van der Waals surface area contributed by atoms with E-state index in [2.05, 4.69) is 10.6 Å². The molecular weight excluding hydrogens is 230 g/mol. The summed E-state index contributed by atoms with van der Waals surface area (Å²) in [7, 11) is 0. The fraction of sp³-hybridized carbons (Fsp3) is 0.385. The topological polar surface area (TPSA) is 61.4 Å². The van der Waals surface area contributed by atoms with Gasteiger partial charge in [0.05, 0.1) is 17.4 Å². The normalized spacial score (nSPS) is 22.6. The summed E-state index contributed by atoms with van der Waals surface area (Å²) in [4.78, 5) is 25.6. The third kappa shape index (κ3) is 1.86. The third-order valence-electron chi connectivity index (χ3n) is 3.40. The summed E-state index contributed by atoms with van der Waals surface area (Å²) in [5, 5.41) is 5.96. The number of fused-ring (bicyclic) bond motifs is 1. The fourth-order valence-electron chi connectivity index (χ4n) is 2.51. The number of rotatable bonds is 1. The molecule has 3 rings (SSSR count). The first-order chi connectivity index (χ1) is 8.75. The first-order valence-corrected chi connectivity index (χ1v) is 6.19. The Morgan fingerprint density at radius 3 is 2.94 bits per heavy atom. The fourth-order valence-corrected chi connectivity index (χ4v) is 2.51. The number of hydrogen-bond acceptors (Lipinski definition) is 3. The quantitative estimate of drug-likeness (QED) is 0.766. The number of para-hydroxylation sites is 2. The molecule has 1 saturated heterocycles. The van der Waals surface area contributed by atoms with Crippen LogP contribution in [0.15, 0.2) is 24.3 Å². The zero-order valence-electron chi connectivity index (χ0n) is 9.98. The maximum atomic E-state index is 12.4. The van der Waals surface area contributed by atoms with Crippen LogP contribution in [0.2, 0.25) is 0 Å². The van der Waals surface area contributed by atoms with Crippen molar-refractivity contribution in [2.24, 2.45) is 0 Å². The summed E-state index contributed by atoms with van der Waals surface area (Å²) < 4.78 is 0. The molecule has 5 heteroatoms. The van der Waals surface area contributed by atoms with Crippen LogP contribution in [-0.4, -0.2) is 30.9 Å². The van der Waals surface area contributed by atoms with Crippen molar-refractivity contribution < 1.29 is 9.59 Å². The molecule has 0 bridgehead atoms. The van der Waals surface area contributed by atoms with Gasteiger partial charge < -0.3 is 10.6 Å². The van der Waals surface area contributed by atoms with Crippen LogP contribution >= 0.6 is 0 Å². The van der Waals surface area contributed by atoms with Gasteiger partial charge in [-0.15, -0.1) is 0 Å². The molecule has 0 aromatic heterocycles. The molecule has 0 radical (unpaired) electrons. The second kappa shape index (κ2) is 4.42. The summed E-state index contributed by atoms with van der Waals surface area (Å²) in [5.41, 5.74) is 1.50. The zero-order chi connectivity index (χ0) is 12.5. The molecule has 0 aliphatic carbocycles. The standard InChI is InChI=1S/C13H15N3O2/c17-12-8-16(13(18)10-5-3-7-14-10)11-6-2-1-4-9(11)15-12/h1-2,4,6,10,14H,3,5,7-8H2,(H,15,17)/t10-/m1/s1. The van der Waals surface area contributed by atoms with Crippen molar-refractivity contribution in [2.45, 2.75) is 18.9 Å². The molecule has 0 saturated carbocycles. The molecule has 5 nitrogen and oxygen atoms in total. The van der Waals surface area contributed by atoms with Gasteiger partial charge in [-0.2, -0.15) is 0 Å². The van der Waals surface area contributed by atoms with Crippen LogP contribution in [0.1, 0.15) is 12.8 Å². The third-order valence-corrected chi connectivity index (χ3v) is 3.40. The molecule has 1 aromatic rings. The van der Waals surface area contributed by atoms with E-state index in [4.69, 9.17) is 0 Å². The monoisotopic (exact) mass is 245 g/mol. The van der Waals surface area contributed by atoms with Crippen molar-refractivity contribution in [3.05, 3.63) is 24.3 Å². The second-order valence-electron chi connectivity index (χ2n) is 4.64. The molecule has 1 aromatic carbocycles. The molecule has 18 heavy (non-hydrogen) atoms. The van der Waals surface area contributed by atoms with Gasteiger partial charge in [0.15, 0.2) is 0 Å². The van der Waals surface area contributed by atoms with Crippen LogP contribution in [0.4, 0.5) is 11.4 Å². The number of nitrogens with one attached hydrogen (secondary N) is 2. The molecule has 2 aliphatic rings. The largest absolute Gasteiger partial charge is 0.323 e. The highest BCUT2D eigenvalue weighted by molar-refractivity contribution is 6.11. The van der Waals surface area contributed by atoms with Crippen LogP contribution in [0.3, 0.4) is 0 Å². The van der Waals surface area contributed by atoms with E-state index in [0.29, 0.717) is 5.69 Å². The van der Waals surface area contributed by atoms with E-state index in [1.54, 1.807) is 4.90 Å². The predicted molar refractivity (Wildman–Crippen MR) is 68.4 cm³/mol. The number of hydrogen-bond donors (Lipinski definition) is 2. The van der Waals surface area contributed by atoms with E-state index in [0.717, 1.165) is 25.1 Å². The highest BCUT2D eigenvalue weighted by atomic mass is 16.2. The minimum Gasteiger partial charge on any atom is -0.323 e. The first kappa shape index (κ1) is 11.2. The van der Waals surface area contributed by atoms with Crippen molar-refractivity contribution in [2.75, 3.05) is 23.3 Å². The first-order valence-electron chi connectivity index (χ1n) is 6.19. The van der Waals surface area contributed by atoms with Crippen molar-refractivity contribution in [3.63, 3.8) is 0 Å².